The van der Waals surface area contributed by atoms with Crippen LogP contribution in [-0.4, -0.2) is 6.54 Å². The van der Waals surface area contributed by atoms with E-state index in [1.807, 2.05) is 12.1 Å². The Morgan fingerprint density at radius 1 is 1.11 bits per heavy atom. The molecule has 2 rings (SSSR count). The maximum Gasteiger partial charge on any atom is 0.0576 e. The lowest BCUT2D eigenvalue weighted by Gasteiger charge is -2.14. The summed E-state index contributed by atoms with van der Waals surface area (Å²) >= 11 is 0. The number of nitrogens with two attached hydrogens (primary N) is 1. The second-order valence-electron chi connectivity index (χ2n) is 5.12. The number of aryl methyl sites for hydroxylation is 1. The van der Waals surface area contributed by atoms with Crippen LogP contribution in [0.5, 0.6) is 0 Å². The van der Waals surface area contributed by atoms with Gasteiger partial charge in [-0.25, -0.2) is 0 Å². The van der Waals surface area contributed by atoms with E-state index in [0.29, 0.717) is 5.92 Å². The fraction of sp³-hybridized carbons (Fsp3) is 0.294. The molecule has 0 amide bonds. The molecule has 0 saturated heterocycles. The average molecular weight is 254 g/mol. The van der Waals surface area contributed by atoms with Crippen molar-refractivity contribution in [3.05, 3.63) is 59.7 Å². The highest BCUT2D eigenvalue weighted by Crippen LogP contribution is 2.22. The average Bonchev–Trinajstić information content (AvgIpc) is 2.43. The van der Waals surface area contributed by atoms with Gasteiger partial charge in [-0.1, -0.05) is 43.3 Å². The Kier molecular flexibility index (Phi) is 4.45. The Morgan fingerprint density at radius 3 is 2.58 bits per heavy atom. The van der Waals surface area contributed by atoms with Gasteiger partial charge in [-0.15, -0.1) is 0 Å². The van der Waals surface area contributed by atoms with Gasteiger partial charge in [0, 0.05) is 6.54 Å². The van der Waals surface area contributed by atoms with Crippen molar-refractivity contribution in [3.63, 3.8) is 0 Å². The molecule has 0 aliphatic rings. The van der Waals surface area contributed by atoms with E-state index in [0.717, 1.165) is 24.3 Å². The molecule has 1 unspecified atom stereocenters. The first kappa shape index (κ1) is 13.5. The zero-order valence-electron chi connectivity index (χ0n) is 11.7. The van der Waals surface area contributed by atoms with Crippen molar-refractivity contribution >= 4 is 11.4 Å². The minimum absolute atomic E-state index is 0.555. The summed E-state index contributed by atoms with van der Waals surface area (Å²) in [6, 6.07) is 16.7. The van der Waals surface area contributed by atoms with Crippen molar-refractivity contribution in [1.82, 2.24) is 0 Å². The Labute approximate surface area is 115 Å². The molecular weight excluding hydrogens is 232 g/mol. The molecule has 19 heavy (non-hydrogen) atoms. The lowest BCUT2D eigenvalue weighted by molar-refractivity contribution is 0.706. The van der Waals surface area contributed by atoms with E-state index in [4.69, 9.17) is 5.73 Å². The van der Waals surface area contributed by atoms with Gasteiger partial charge in [0.15, 0.2) is 0 Å². The van der Waals surface area contributed by atoms with Gasteiger partial charge < -0.3 is 11.1 Å². The quantitative estimate of drug-likeness (QED) is 0.785. The number of rotatable bonds is 5. The minimum atomic E-state index is 0.555. The molecular formula is C17H22N2. The van der Waals surface area contributed by atoms with Crippen LogP contribution in [0.25, 0.3) is 0 Å². The number of hydrogen-bond donors (Lipinski definition) is 2. The molecule has 3 N–H and O–H groups in total. The molecule has 0 aliphatic heterocycles. The lowest BCUT2D eigenvalue weighted by Crippen LogP contribution is -2.07. The molecule has 0 aromatic heterocycles. The van der Waals surface area contributed by atoms with E-state index in [1.54, 1.807) is 0 Å². The van der Waals surface area contributed by atoms with Crippen LogP contribution in [0.2, 0.25) is 0 Å². The molecule has 0 bridgehead atoms. The van der Waals surface area contributed by atoms with Crippen LogP contribution >= 0.6 is 0 Å². The molecule has 2 heteroatoms. The second-order valence-corrected chi connectivity index (χ2v) is 5.12. The van der Waals surface area contributed by atoms with Crippen LogP contribution in [-0.2, 0) is 0 Å². The van der Waals surface area contributed by atoms with E-state index >= 15 is 0 Å². The molecule has 0 saturated carbocycles. The highest BCUT2D eigenvalue weighted by atomic mass is 14.9. The largest absolute Gasteiger partial charge is 0.397 e. The molecule has 0 radical (unpaired) electrons. The highest BCUT2D eigenvalue weighted by molar-refractivity contribution is 5.66. The van der Waals surface area contributed by atoms with Crippen LogP contribution in [0, 0.1) is 6.92 Å². The molecule has 0 fully saturated rings. The van der Waals surface area contributed by atoms with Gasteiger partial charge in [-0.05, 0) is 42.5 Å². The molecule has 100 valence electrons. The summed E-state index contributed by atoms with van der Waals surface area (Å²) in [7, 11) is 0. The van der Waals surface area contributed by atoms with Crippen molar-refractivity contribution in [1.29, 1.82) is 0 Å². The summed E-state index contributed by atoms with van der Waals surface area (Å²) in [5, 5.41) is 3.43. The van der Waals surface area contributed by atoms with Crippen molar-refractivity contribution in [2.45, 2.75) is 26.2 Å². The summed E-state index contributed by atoms with van der Waals surface area (Å²) in [5.41, 5.74) is 10.4. The smallest absolute Gasteiger partial charge is 0.0576 e. The lowest BCUT2D eigenvalue weighted by atomic mass is 9.98. The van der Waals surface area contributed by atoms with Gasteiger partial charge in [0.2, 0.25) is 0 Å². The van der Waals surface area contributed by atoms with Gasteiger partial charge in [0.1, 0.15) is 0 Å². The fourth-order valence-corrected chi connectivity index (χ4v) is 2.19. The molecule has 2 aromatic carbocycles. The van der Waals surface area contributed by atoms with Crippen LogP contribution < -0.4 is 11.1 Å². The SMILES string of the molecule is Cc1ccc(N)c(NCCC(C)c2ccccc2)c1. The summed E-state index contributed by atoms with van der Waals surface area (Å²) in [6.45, 7) is 5.28. The molecule has 0 heterocycles. The summed E-state index contributed by atoms with van der Waals surface area (Å²) in [4.78, 5) is 0. The molecule has 0 aliphatic carbocycles. The van der Waals surface area contributed by atoms with Gasteiger partial charge >= 0.3 is 0 Å². The van der Waals surface area contributed by atoms with Crippen LogP contribution in [0.3, 0.4) is 0 Å². The van der Waals surface area contributed by atoms with Gasteiger partial charge in [0.25, 0.3) is 0 Å². The third-order valence-electron chi connectivity index (χ3n) is 3.47. The monoisotopic (exact) mass is 254 g/mol. The highest BCUT2D eigenvalue weighted by Gasteiger charge is 2.05. The first-order valence-corrected chi connectivity index (χ1v) is 6.82. The molecule has 1 atom stereocenters. The Bertz CT molecular complexity index is 520. The molecule has 0 spiro atoms. The predicted molar refractivity (Wildman–Crippen MR) is 83.6 cm³/mol. The standard InChI is InChI=1S/C17H22N2/c1-13-8-9-16(18)17(12-13)19-11-10-14(2)15-6-4-3-5-7-15/h3-9,12,14,19H,10-11,18H2,1-2H3. The van der Waals surface area contributed by atoms with Crippen molar-refractivity contribution in [3.8, 4) is 0 Å². The Morgan fingerprint density at radius 2 is 1.84 bits per heavy atom. The van der Waals surface area contributed by atoms with Gasteiger partial charge in [0.05, 0.1) is 11.4 Å². The second kappa shape index (κ2) is 6.28. The van der Waals surface area contributed by atoms with Crippen molar-refractivity contribution < 1.29 is 0 Å². The van der Waals surface area contributed by atoms with Crippen LogP contribution in [0.4, 0.5) is 11.4 Å². The van der Waals surface area contributed by atoms with Crippen LogP contribution in [0.15, 0.2) is 48.5 Å². The van der Waals surface area contributed by atoms with Crippen LogP contribution in [0.1, 0.15) is 30.4 Å². The van der Waals surface area contributed by atoms with E-state index in [1.165, 1.54) is 11.1 Å². The summed E-state index contributed by atoms with van der Waals surface area (Å²) < 4.78 is 0. The fourth-order valence-electron chi connectivity index (χ4n) is 2.19. The number of nitrogen functional groups attached to an aromatic ring is 1. The first-order valence-electron chi connectivity index (χ1n) is 6.82. The zero-order chi connectivity index (χ0) is 13.7. The third-order valence-corrected chi connectivity index (χ3v) is 3.47. The van der Waals surface area contributed by atoms with E-state index in [2.05, 4.69) is 55.6 Å². The zero-order valence-corrected chi connectivity index (χ0v) is 11.7. The first-order chi connectivity index (χ1) is 9.16. The van der Waals surface area contributed by atoms with E-state index < -0.39 is 0 Å². The number of hydrogen-bond acceptors (Lipinski definition) is 2. The minimum Gasteiger partial charge on any atom is -0.397 e. The topological polar surface area (TPSA) is 38.0 Å². The third kappa shape index (κ3) is 3.75. The Balaban J connectivity index is 1.88. The van der Waals surface area contributed by atoms with Crippen molar-refractivity contribution in [2.75, 3.05) is 17.6 Å². The predicted octanol–water partition coefficient (Wildman–Crippen LogP) is 4.18. The number of nitrogens with one attached hydrogen (secondary N) is 1. The maximum absolute atomic E-state index is 5.95. The number of anilines is 2. The molecule has 2 aromatic rings. The van der Waals surface area contributed by atoms with Gasteiger partial charge in [-0.2, -0.15) is 0 Å². The van der Waals surface area contributed by atoms with E-state index in [9.17, 15) is 0 Å². The normalized spacial score (nSPS) is 12.1. The Hall–Kier alpha value is -1.96. The molecule has 2 nitrogen and oxygen atoms in total. The number of benzene rings is 2. The summed E-state index contributed by atoms with van der Waals surface area (Å²) in [5.74, 6) is 0.555. The maximum atomic E-state index is 5.95. The van der Waals surface area contributed by atoms with E-state index in [-0.39, 0.29) is 0 Å². The summed E-state index contributed by atoms with van der Waals surface area (Å²) in [6.07, 6.45) is 1.09. The van der Waals surface area contributed by atoms with Crippen molar-refractivity contribution in [2.24, 2.45) is 0 Å². The van der Waals surface area contributed by atoms with Gasteiger partial charge in [-0.3, -0.25) is 0 Å².